The fourth-order valence-electron chi connectivity index (χ4n) is 2.58. The highest BCUT2D eigenvalue weighted by molar-refractivity contribution is 5.93. The summed E-state index contributed by atoms with van der Waals surface area (Å²) in [6.07, 6.45) is 3.08. The third kappa shape index (κ3) is 2.60. The van der Waals surface area contributed by atoms with Gasteiger partial charge in [0.05, 0.1) is 0 Å². The Balaban J connectivity index is 2.32. The van der Waals surface area contributed by atoms with Crippen LogP contribution in [0, 0.1) is 5.92 Å². The van der Waals surface area contributed by atoms with Crippen molar-refractivity contribution in [3.63, 3.8) is 0 Å². The van der Waals surface area contributed by atoms with E-state index in [0.717, 1.165) is 19.0 Å². The Morgan fingerprint density at radius 2 is 2.26 bits per heavy atom. The Kier molecular flexibility index (Phi) is 3.84. The van der Waals surface area contributed by atoms with Crippen LogP contribution in [0.3, 0.4) is 0 Å². The third-order valence-corrected chi connectivity index (χ3v) is 3.67. The van der Waals surface area contributed by atoms with Crippen molar-refractivity contribution in [2.75, 3.05) is 13.1 Å². The molecule has 4 N–H and O–H groups in total. The molecule has 2 atom stereocenters. The maximum atomic E-state index is 12.4. The lowest BCUT2D eigenvalue weighted by Crippen LogP contribution is -2.52. The van der Waals surface area contributed by atoms with Crippen LogP contribution in [0.2, 0.25) is 0 Å². The van der Waals surface area contributed by atoms with Gasteiger partial charge in [-0.2, -0.15) is 0 Å². The van der Waals surface area contributed by atoms with Crippen LogP contribution in [0.1, 0.15) is 30.1 Å². The maximum absolute atomic E-state index is 12.4. The summed E-state index contributed by atoms with van der Waals surface area (Å²) in [6.45, 7) is 3.01. The molecule has 1 aliphatic heterocycles. The van der Waals surface area contributed by atoms with E-state index in [0.29, 0.717) is 19.0 Å². The van der Waals surface area contributed by atoms with Crippen molar-refractivity contribution < 1.29 is 4.79 Å². The van der Waals surface area contributed by atoms with Gasteiger partial charge in [0.15, 0.2) is 0 Å². The van der Waals surface area contributed by atoms with Crippen molar-refractivity contribution in [2.24, 2.45) is 11.7 Å². The molecular formula is C12H18N4O3. The summed E-state index contributed by atoms with van der Waals surface area (Å²) in [4.78, 5) is 41.0. The van der Waals surface area contributed by atoms with Crippen LogP contribution in [-0.2, 0) is 0 Å². The van der Waals surface area contributed by atoms with Gasteiger partial charge in [0.25, 0.3) is 11.5 Å². The lowest BCUT2D eigenvalue weighted by molar-refractivity contribution is 0.0530. The molecule has 1 fully saturated rings. The summed E-state index contributed by atoms with van der Waals surface area (Å²) in [5.74, 6) is -0.0657. The van der Waals surface area contributed by atoms with Gasteiger partial charge in [-0.05, 0) is 18.8 Å². The van der Waals surface area contributed by atoms with Crippen LogP contribution in [0.4, 0.5) is 0 Å². The molecule has 1 amide bonds. The second-order valence-electron chi connectivity index (χ2n) is 4.91. The zero-order chi connectivity index (χ0) is 14.0. The molecule has 1 aromatic heterocycles. The molecule has 7 heteroatoms. The number of carbonyl (C=O) groups is 1. The van der Waals surface area contributed by atoms with Crippen molar-refractivity contribution in [1.29, 1.82) is 0 Å². The number of rotatable bonds is 2. The number of piperidine rings is 1. The molecule has 1 saturated heterocycles. The highest BCUT2D eigenvalue weighted by Gasteiger charge is 2.32. The van der Waals surface area contributed by atoms with E-state index in [1.165, 1.54) is 0 Å². The Morgan fingerprint density at radius 1 is 1.53 bits per heavy atom. The van der Waals surface area contributed by atoms with Crippen molar-refractivity contribution in [2.45, 2.75) is 25.8 Å². The number of nitrogens with one attached hydrogen (secondary N) is 2. The first kappa shape index (κ1) is 13.5. The summed E-state index contributed by atoms with van der Waals surface area (Å²) in [7, 11) is 0. The zero-order valence-corrected chi connectivity index (χ0v) is 10.8. The molecule has 2 heterocycles. The zero-order valence-electron chi connectivity index (χ0n) is 10.8. The first-order valence-corrected chi connectivity index (χ1v) is 6.37. The second-order valence-corrected chi connectivity index (χ2v) is 4.91. The largest absolute Gasteiger partial charge is 0.334 e. The van der Waals surface area contributed by atoms with Gasteiger partial charge in [0.2, 0.25) is 0 Å². The van der Waals surface area contributed by atoms with Gasteiger partial charge in [-0.1, -0.05) is 6.92 Å². The quantitative estimate of drug-likeness (QED) is 0.654. The Morgan fingerprint density at radius 3 is 2.89 bits per heavy atom. The first-order valence-electron chi connectivity index (χ1n) is 6.37. The molecule has 0 saturated carbocycles. The standard InChI is InChI=1S/C12H18N4O3/c1-7-3-2-4-16(9(7)5-13)11(18)8-6-14-12(19)15-10(8)17/h6-7,9H,2-5,13H2,1H3,(H2,14,15,17,19). The Labute approximate surface area is 109 Å². The summed E-state index contributed by atoms with van der Waals surface area (Å²) in [6, 6.07) is -0.0624. The van der Waals surface area contributed by atoms with Crippen molar-refractivity contribution in [3.05, 3.63) is 32.6 Å². The maximum Gasteiger partial charge on any atom is 0.325 e. The average molecular weight is 266 g/mol. The monoisotopic (exact) mass is 266 g/mol. The minimum absolute atomic E-state index is 0.0489. The van der Waals surface area contributed by atoms with Gasteiger partial charge in [-0.15, -0.1) is 0 Å². The molecule has 1 aromatic rings. The van der Waals surface area contributed by atoms with Gasteiger partial charge >= 0.3 is 5.69 Å². The van der Waals surface area contributed by atoms with Crippen molar-refractivity contribution >= 4 is 5.91 Å². The van der Waals surface area contributed by atoms with E-state index in [2.05, 4.69) is 9.97 Å². The summed E-state index contributed by atoms with van der Waals surface area (Å²) < 4.78 is 0. The fraction of sp³-hybridized carbons (Fsp3) is 0.583. The number of aromatic nitrogens is 2. The fourth-order valence-corrected chi connectivity index (χ4v) is 2.58. The smallest absolute Gasteiger partial charge is 0.325 e. The molecule has 0 bridgehead atoms. The first-order chi connectivity index (χ1) is 9.04. The van der Waals surface area contributed by atoms with E-state index in [1.807, 2.05) is 6.92 Å². The number of amides is 1. The molecule has 7 nitrogen and oxygen atoms in total. The minimum atomic E-state index is -0.664. The number of hydrogen-bond acceptors (Lipinski definition) is 4. The Hall–Kier alpha value is -1.89. The summed E-state index contributed by atoms with van der Waals surface area (Å²) in [5.41, 5.74) is 4.39. The van der Waals surface area contributed by atoms with Crippen molar-refractivity contribution in [3.8, 4) is 0 Å². The number of nitrogens with two attached hydrogens (primary N) is 1. The molecule has 104 valence electrons. The molecule has 19 heavy (non-hydrogen) atoms. The van der Waals surface area contributed by atoms with E-state index < -0.39 is 11.2 Å². The van der Waals surface area contributed by atoms with Crippen LogP contribution in [0.25, 0.3) is 0 Å². The average Bonchev–Trinajstić information content (AvgIpc) is 2.37. The lowest BCUT2D eigenvalue weighted by Gasteiger charge is -2.39. The number of hydrogen-bond donors (Lipinski definition) is 3. The number of nitrogens with zero attached hydrogens (tertiary/aromatic N) is 1. The molecular weight excluding hydrogens is 248 g/mol. The predicted molar refractivity (Wildman–Crippen MR) is 70.0 cm³/mol. The SMILES string of the molecule is CC1CCCN(C(=O)c2c[nH]c(=O)[nH]c2=O)C1CN. The molecule has 2 rings (SSSR count). The van der Waals surface area contributed by atoms with Gasteiger partial charge in [0, 0.05) is 25.3 Å². The van der Waals surface area contributed by atoms with E-state index in [1.54, 1.807) is 4.90 Å². The van der Waals surface area contributed by atoms with E-state index in [9.17, 15) is 14.4 Å². The second kappa shape index (κ2) is 5.40. The van der Waals surface area contributed by atoms with E-state index >= 15 is 0 Å². The summed E-state index contributed by atoms with van der Waals surface area (Å²) >= 11 is 0. The van der Waals surface area contributed by atoms with Gasteiger partial charge in [0.1, 0.15) is 5.56 Å². The molecule has 0 aromatic carbocycles. The minimum Gasteiger partial charge on any atom is -0.334 e. The van der Waals surface area contributed by atoms with Gasteiger partial charge < -0.3 is 15.6 Å². The van der Waals surface area contributed by atoms with E-state index in [4.69, 9.17) is 5.73 Å². The van der Waals surface area contributed by atoms with Crippen LogP contribution in [0.15, 0.2) is 15.8 Å². The predicted octanol–water partition coefficient (Wildman–Crippen LogP) is -0.737. The third-order valence-electron chi connectivity index (χ3n) is 3.67. The number of likely N-dealkylation sites (tertiary alicyclic amines) is 1. The topological polar surface area (TPSA) is 112 Å². The number of aromatic amines is 2. The number of H-pyrrole nitrogens is 2. The van der Waals surface area contributed by atoms with Gasteiger partial charge in [-0.3, -0.25) is 14.6 Å². The molecule has 1 aliphatic rings. The van der Waals surface area contributed by atoms with Crippen LogP contribution < -0.4 is 17.0 Å². The molecule has 0 aliphatic carbocycles. The lowest BCUT2D eigenvalue weighted by atomic mass is 9.90. The highest BCUT2D eigenvalue weighted by atomic mass is 16.2. The summed E-state index contributed by atoms with van der Waals surface area (Å²) in [5, 5.41) is 0. The molecule has 0 spiro atoms. The number of carbonyl (C=O) groups excluding carboxylic acids is 1. The molecule has 2 unspecified atom stereocenters. The van der Waals surface area contributed by atoms with Crippen LogP contribution in [0.5, 0.6) is 0 Å². The van der Waals surface area contributed by atoms with Crippen molar-refractivity contribution in [1.82, 2.24) is 14.9 Å². The van der Waals surface area contributed by atoms with Crippen LogP contribution >= 0.6 is 0 Å². The van der Waals surface area contributed by atoms with Crippen LogP contribution in [-0.4, -0.2) is 39.9 Å². The van der Waals surface area contributed by atoms with E-state index in [-0.39, 0.29) is 17.5 Å². The normalized spacial score (nSPS) is 23.4. The Bertz CT molecular complexity index is 577. The molecule has 0 radical (unpaired) electrons. The van der Waals surface area contributed by atoms with Gasteiger partial charge in [-0.25, -0.2) is 4.79 Å². The highest BCUT2D eigenvalue weighted by Crippen LogP contribution is 2.23.